The molecule has 0 amide bonds. The Labute approximate surface area is 73.0 Å². The van der Waals surface area contributed by atoms with Gasteiger partial charge in [0.15, 0.2) is 0 Å². The second-order valence-electron chi connectivity index (χ2n) is 2.91. The van der Waals surface area contributed by atoms with Crippen LogP contribution in [0.4, 0.5) is 0 Å². The normalized spacial score (nSPS) is 12.0. The molecule has 0 saturated heterocycles. The van der Waals surface area contributed by atoms with Crippen molar-refractivity contribution in [1.82, 2.24) is 0 Å². The monoisotopic (exact) mass is 172 g/mol. The number of hydrogen-bond donors (Lipinski definition) is 1. The standard InChI is InChI=1S/C9H16O3/c1-7(2)5-4-6-12-9(11)8(3)10/h5,8,10H,4,6H2,1-3H3/t8-/m0/s1. The van der Waals surface area contributed by atoms with Crippen molar-refractivity contribution in [3.8, 4) is 0 Å². The Balaban J connectivity index is 3.45. The zero-order valence-corrected chi connectivity index (χ0v) is 7.83. The van der Waals surface area contributed by atoms with E-state index in [1.807, 2.05) is 19.9 Å². The molecule has 1 atom stereocenters. The molecule has 0 fully saturated rings. The molecule has 12 heavy (non-hydrogen) atoms. The summed E-state index contributed by atoms with van der Waals surface area (Å²) in [5.74, 6) is -0.558. The minimum atomic E-state index is -1.02. The Bertz CT molecular complexity index is 167. The van der Waals surface area contributed by atoms with Gasteiger partial charge in [0, 0.05) is 0 Å². The van der Waals surface area contributed by atoms with Crippen LogP contribution in [0.3, 0.4) is 0 Å². The molecule has 0 aliphatic carbocycles. The predicted octanol–water partition coefficient (Wildman–Crippen LogP) is 1.27. The number of allylic oxidation sites excluding steroid dienone is 1. The number of hydrogen-bond acceptors (Lipinski definition) is 3. The van der Waals surface area contributed by atoms with Crippen molar-refractivity contribution in [1.29, 1.82) is 0 Å². The summed E-state index contributed by atoms with van der Waals surface area (Å²) in [6, 6.07) is 0. The van der Waals surface area contributed by atoms with E-state index in [9.17, 15) is 4.79 Å². The highest BCUT2D eigenvalue weighted by molar-refractivity contribution is 5.73. The number of rotatable bonds is 4. The SMILES string of the molecule is CC(C)=CCCOC(=O)[C@H](C)O. The number of aliphatic hydroxyl groups excluding tert-OH is 1. The fraction of sp³-hybridized carbons (Fsp3) is 0.667. The van der Waals surface area contributed by atoms with E-state index in [0.29, 0.717) is 13.0 Å². The van der Waals surface area contributed by atoms with E-state index in [1.54, 1.807) is 0 Å². The van der Waals surface area contributed by atoms with Crippen LogP contribution in [0.2, 0.25) is 0 Å². The zero-order valence-electron chi connectivity index (χ0n) is 7.83. The summed E-state index contributed by atoms with van der Waals surface area (Å²) in [6.07, 6.45) is 1.67. The Hall–Kier alpha value is -0.830. The van der Waals surface area contributed by atoms with E-state index < -0.39 is 12.1 Å². The van der Waals surface area contributed by atoms with Crippen molar-refractivity contribution in [3.05, 3.63) is 11.6 Å². The summed E-state index contributed by atoms with van der Waals surface area (Å²) in [5.41, 5.74) is 1.20. The van der Waals surface area contributed by atoms with Crippen LogP contribution < -0.4 is 0 Å². The van der Waals surface area contributed by atoms with E-state index in [1.165, 1.54) is 12.5 Å². The smallest absolute Gasteiger partial charge is 0.334 e. The minimum absolute atomic E-state index is 0.342. The Kier molecular flexibility index (Phi) is 5.37. The van der Waals surface area contributed by atoms with Gasteiger partial charge >= 0.3 is 5.97 Å². The van der Waals surface area contributed by atoms with Crippen LogP contribution in [-0.4, -0.2) is 23.8 Å². The third-order valence-corrected chi connectivity index (χ3v) is 1.26. The number of ether oxygens (including phenoxy) is 1. The summed E-state index contributed by atoms with van der Waals surface area (Å²) >= 11 is 0. The molecular weight excluding hydrogens is 156 g/mol. The lowest BCUT2D eigenvalue weighted by Crippen LogP contribution is -2.19. The molecule has 0 aliphatic rings. The molecule has 0 aromatic heterocycles. The highest BCUT2D eigenvalue weighted by Crippen LogP contribution is 1.94. The molecule has 70 valence electrons. The van der Waals surface area contributed by atoms with Gasteiger partial charge in [-0.2, -0.15) is 0 Å². The Morgan fingerprint density at radius 2 is 2.17 bits per heavy atom. The highest BCUT2D eigenvalue weighted by Gasteiger charge is 2.08. The predicted molar refractivity (Wildman–Crippen MR) is 46.7 cm³/mol. The molecule has 0 aromatic rings. The summed E-state index contributed by atoms with van der Waals surface area (Å²) in [6.45, 7) is 5.70. The first kappa shape index (κ1) is 11.2. The van der Waals surface area contributed by atoms with Gasteiger partial charge in [0.25, 0.3) is 0 Å². The minimum Gasteiger partial charge on any atom is -0.463 e. The topological polar surface area (TPSA) is 46.5 Å². The molecule has 0 rings (SSSR count). The van der Waals surface area contributed by atoms with Crippen molar-refractivity contribution in [2.45, 2.75) is 33.3 Å². The average molecular weight is 172 g/mol. The molecule has 1 N–H and O–H groups in total. The maximum Gasteiger partial charge on any atom is 0.334 e. The zero-order chi connectivity index (χ0) is 9.56. The van der Waals surface area contributed by atoms with Gasteiger partial charge in [-0.15, -0.1) is 0 Å². The summed E-state index contributed by atoms with van der Waals surface area (Å²) in [5, 5.41) is 8.74. The number of carbonyl (C=O) groups excluding carboxylic acids is 1. The van der Waals surface area contributed by atoms with Gasteiger partial charge < -0.3 is 9.84 Å². The largest absolute Gasteiger partial charge is 0.463 e. The Morgan fingerprint density at radius 1 is 1.58 bits per heavy atom. The van der Waals surface area contributed by atoms with Crippen molar-refractivity contribution >= 4 is 5.97 Å². The quantitative estimate of drug-likeness (QED) is 0.394. The van der Waals surface area contributed by atoms with Crippen molar-refractivity contribution in [2.24, 2.45) is 0 Å². The second-order valence-corrected chi connectivity index (χ2v) is 2.91. The van der Waals surface area contributed by atoms with E-state index in [2.05, 4.69) is 0 Å². The maximum absolute atomic E-state index is 10.7. The second kappa shape index (κ2) is 5.77. The molecule has 0 saturated carbocycles. The van der Waals surface area contributed by atoms with Gasteiger partial charge in [0.1, 0.15) is 6.10 Å². The summed E-state index contributed by atoms with van der Waals surface area (Å²) in [7, 11) is 0. The van der Waals surface area contributed by atoms with Crippen LogP contribution >= 0.6 is 0 Å². The van der Waals surface area contributed by atoms with Gasteiger partial charge in [0.05, 0.1) is 6.61 Å². The number of carbonyl (C=O) groups is 1. The maximum atomic E-state index is 10.7. The number of aliphatic hydroxyl groups is 1. The summed E-state index contributed by atoms with van der Waals surface area (Å²) in [4.78, 5) is 10.7. The molecule has 0 radical (unpaired) electrons. The lowest BCUT2D eigenvalue weighted by molar-refractivity contribution is -0.152. The van der Waals surface area contributed by atoms with Crippen LogP contribution in [0.5, 0.6) is 0 Å². The van der Waals surface area contributed by atoms with E-state index >= 15 is 0 Å². The lowest BCUT2D eigenvalue weighted by Gasteiger charge is -2.04. The third-order valence-electron chi connectivity index (χ3n) is 1.26. The van der Waals surface area contributed by atoms with Gasteiger partial charge in [-0.1, -0.05) is 11.6 Å². The molecule has 0 bridgehead atoms. The third kappa shape index (κ3) is 5.92. The van der Waals surface area contributed by atoms with Crippen LogP contribution in [0.15, 0.2) is 11.6 Å². The van der Waals surface area contributed by atoms with E-state index in [4.69, 9.17) is 9.84 Å². The fourth-order valence-corrected chi connectivity index (χ4v) is 0.628. The molecule has 0 heterocycles. The molecule has 0 aliphatic heterocycles. The van der Waals surface area contributed by atoms with Crippen molar-refractivity contribution in [2.75, 3.05) is 6.61 Å². The first-order valence-electron chi connectivity index (χ1n) is 4.02. The first-order valence-corrected chi connectivity index (χ1v) is 4.02. The summed E-state index contributed by atoms with van der Waals surface area (Å²) < 4.78 is 4.72. The van der Waals surface area contributed by atoms with Gasteiger partial charge in [-0.3, -0.25) is 0 Å². The van der Waals surface area contributed by atoms with Crippen molar-refractivity contribution in [3.63, 3.8) is 0 Å². The van der Waals surface area contributed by atoms with E-state index in [0.717, 1.165) is 0 Å². The fourth-order valence-electron chi connectivity index (χ4n) is 0.628. The first-order chi connectivity index (χ1) is 5.54. The highest BCUT2D eigenvalue weighted by atomic mass is 16.5. The molecular formula is C9H16O3. The van der Waals surface area contributed by atoms with Gasteiger partial charge in [-0.25, -0.2) is 4.79 Å². The molecule has 0 spiro atoms. The Morgan fingerprint density at radius 3 is 2.58 bits per heavy atom. The van der Waals surface area contributed by atoms with E-state index in [-0.39, 0.29) is 0 Å². The van der Waals surface area contributed by atoms with Crippen LogP contribution in [0.25, 0.3) is 0 Å². The van der Waals surface area contributed by atoms with Crippen LogP contribution in [-0.2, 0) is 9.53 Å². The van der Waals surface area contributed by atoms with Crippen LogP contribution in [0, 0.1) is 0 Å². The lowest BCUT2D eigenvalue weighted by atomic mass is 10.3. The van der Waals surface area contributed by atoms with Crippen LogP contribution in [0.1, 0.15) is 27.2 Å². The average Bonchev–Trinajstić information content (AvgIpc) is 1.97. The molecule has 3 heteroatoms. The van der Waals surface area contributed by atoms with Gasteiger partial charge in [-0.05, 0) is 27.2 Å². The molecule has 0 aromatic carbocycles. The van der Waals surface area contributed by atoms with Crippen molar-refractivity contribution < 1.29 is 14.6 Å². The molecule has 0 unspecified atom stereocenters. The van der Waals surface area contributed by atoms with Gasteiger partial charge in [0.2, 0.25) is 0 Å². The molecule has 3 nitrogen and oxygen atoms in total. The number of esters is 1.